The summed E-state index contributed by atoms with van der Waals surface area (Å²) in [4.78, 5) is 13.2. The van der Waals surface area contributed by atoms with E-state index in [0.29, 0.717) is 10.0 Å². The second-order valence-corrected chi connectivity index (χ2v) is 10.1. The monoisotopic (exact) mass is 378 g/mol. The van der Waals surface area contributed by atoms with Gasteiger partial charge in [0.25, 0.3) is 5.91 Å². The zero-order valence-corrected chi connectivity index (χ0v) is 16.3. The molecule has 1 aromatic rings. The Hall–Kier alpha value is -0.930. The molecule has 4 saturated carbocycles. The summed E-state index contributed by atoms with van der Waals surface area (Å²) in [5.41, 5.74) is 0.394. The Labute approximate surface area is 159 Å². The van der Waals surface area contributed by atoms with Gasteiger partial charge in [0.05, 0.1) is 11.2 Å². The molecule has 1 aromatic carbocycles. The van der Waals surface area contributed by atoms with E-state index in [1.807, 2.05) is 26.0 Å². The van der Waals surface area contributed by atoms with E-state index in [1.165, 1.54) is 19.3 Å². The van der Waals surface area contributed by atoms with Crippen LogP contribution in [0.3, 0.4) is 0 Å². The lowest BCUT2D eigenvalue weighted by Crippen LogP contribution is -2.82. The molecule has 5 heteroatoms. The Bertz CT molecular complexity index is 705. The number of carbonyl (C=O) groups excluding carboxylic acids is 1. The van der Waals surface area contributed by atoms with Gasteiger partial charge in [0, 0.05) is 10.0 Å². The average Bonchev–Trinajstić information content (AvgIpc) is 2.49. The van der Waals surface area contributed by atoms with E-state index < -0.39 is 5.54 Å². The molecule has 0 radical (unpaired) electrons. The third kappa shape index (κ3) is 2.21. The quantitative estimate of drug-likeness (QED) is 0.696. The normalized spacial score (nSPS) is 38.2. The van der Waals surface area contributed by atoms with Gasteiger partial charge >= 0.3 is 0 Å². The Morgan fingerprint density at radius 1 is 0.880 bits per heavy atom. The Kier molecular flexibility index (Phi) is 3.30. The highest BCUT2D eigenvalue weighted by Crippen LogP contribution is 2.60. The fourth-order valence-corrected chi connectivity index (χ4v) is 7.01. The number of amides is 1. The third-order valence-electron chi connectivity index (χ3n) is 6.99. The molecule has 1 heterocycles. The molecule has 1 aliphatic heterocycles. The molecule has 5 fully saturated rings. The minimum atomic E-state index is -0.544. The Balaban J connectivity index is 1.57. The lowest BCUT2D eigenvalue weighted by atomic mass is 9.52. The zero-order valence-electron chi connectivity index (χ0n) is 14.8. The van der Waals surface area contributed by atoms with Gasteiger partial charge in [0.1, 0.15) is 5.54 Å². The van der Waals surface area contributed by atoms with Crippen molar-refractivity contribution in [3.63, 3.8) is 0 Å². The maximum Gasteiger partial charge on any atom is 0.268 e. The Morgan fingerprint density at radius 3 is 1.84 bits per heavy atom. The molecule has 3 nitrogen and oxygen atoms in total. The van der Waals surface area contributed by atoms with Crippen LogP contribution in [0.1, 0.15) is 52.4 Å². The lowest BCUT2D eigenvalue weighted by Gasteiger charge is -2.69. The minimum Gasteiger partial charge on any atom is -0.270 e. The van der Waals surface area contributed by atoms with Crippen LogP contribution in [0.25, 0.3) is 0 Å². The summed E-state index contributed by atoms with van der Waals surface area (Å²) in [7, 11) is 0. The first-order valence-electron chi connectivity index (χ1n) is 9.39. The van der Waals surface area contributed by atoms with Gasteiger partial charge in [-0.1, -0.05) is 23.2 Å². The van der Waals surface area contributed by atoms with Gasteiger partial charge in [-0.25, -0.2) is 5.01 Å². The van der Waals surface area contributed by atoms with Gasteiger partial charge in [0.15, 0.2) is 0 Å². The molecule has 6 rings (SSSR count). The summed E-state index contributed by atoms with van der Waals surface area (Å²) in [6.07, 6.45) is 7.58. The van der Waals surface area contributed by atoms with Gasteiger partial charge in [-0.2, -0.15) is 0 Å². The second-order valence-electron chi connectivity index (χ2n) is 9.26. The minimum absolute atomic E-state index is 0.0101. The first-order chi connectivity index (χ1) is 11.8. The van der Waals surface area contributed by atoms with Gasteiger partial charge in [-0.3, -0.25) is 9.80 Å². The van der Waals surface area contributed by atoms with E-state index in [1.54, 1.807) is 6.07 Å². The molecular formula is C20H24Cl2N2O. The predicted molar refractivity (Wildman–Crippen MR) is 101 cm³/mol. The van der Waals surface area contributed by atoms with Gasteiger partial charge < -0.3 is 0 Å². The van der Waals surface area contributed by atoms with Crippen LogP contribution in [0.5, 0.6) is 0 Å². The highest BCUT2D eigenvalue weighted by Gasteiger charge is 2.64. The van der Waals surface area contributed by atoms with Gasteiger partial charge in [-0.15, -0.1) is 0 Å². The van der Waals surface area contributed by atoms with E-state index in [2.05, 4.69) is 10.0 Å². The molecule has 1 amide bonds. The van der Waals surface area contributed by atoms with Crippen molar-refractivity contribution in [3.8, 4) is 0 Å². The van der Waals surface area contributed by atoms with E-state index in [4.69, 9.17) is 23.2 Å². The number of benzene rings is 1. The molecule has 1 saturated heterocycles. The summed E-state index contributed by atoms with van der Waals surface area (Å²) >= 11 is 12.5. The van der Waals surface area contributed by atoms with Crippen LogP contribution >= 0.6 is 23.2 Å². The van der Waals surface area contributed by atoms with Gasteiger partial charge in [0.2, 0.25) is 0 Å². The van der Waals surface area contributed by atoms with Crippen molar-refractivity contribution in [2.45, 2.75) is 63.5 Å². The lowest BCUT2D eigenvalue weighted by molar-refractivity contribution is -0.180. The van der Waals surface area contributed by atoms with Crippen molar-refractivity contribution in [1.82, 2.24) is 5.01 Å². The number of hydrogen-bond acceptors (Lipinski definition) is 2. The first kappa shape index (κ1) is 16.3. The van der Waals surface area contributed by atoms with Gasteiger partial charge in [-0.05, 0) is 88.3 Å². The fourth-order valence-electron chi connectivity index (χ4n) is 6.50. The molecule has 4 bridgehead atoms. The molecule has 0 aromatic heterocycles. The fraction of sp³-hybridized carbons (Fsp3) is 0.650. The molecule has 25 heavy (non-hydrogen) atoms. The number of halogens is 2. The summed E-state index contributed by atoms with van der Waals surface area (Å²) in [6, 6.07) is 5.60. The SMILES string of the molecule is CC1(C)C(=O)N(C23CC4CC(CC(C4)C2)C3)N1c1cc(Cl)cc(Cl)c1. The molecule has 0 N–H and O–H groups in total. The number of rotatable bonds is 2. The van der Waals surface area contributed by atoms with Crippen LogP contribution in [-0.4, -0.2) is 22.0 Å². The zero-order chi connectivity index (χ0) is 17.6. The van der Waals surface area contributed by atoms with Crippen LogP contribution in [0.15, 0.2) is 18.2 Å². The van der Waals surface area contributed by atoms with Crippen molar-refractivity contribution in [1.29, 1.82) is 0 Å². The molecule has 0 unspecified atom stereocenters. The molecule has 4 aliphatic carbocycles. The number of hydrazine groups is 1. The smallest absolute Gasteiger partial charge is 0.268 e. The topological polar surface area (TPSA) is 23.6 Å². The number of hydrogen-bond donors (Lipinski definition) is 0. The highest BCUT2D eigenvalue weighted by molar-refractivity contribution is 6.35. The van der Waals surface area contributed by atoms with E-state index >= 15 is 0 Å². The van der Waals surface area contributed by atoms with E-state index in [9.17, 15) is 4.79 Å². The van der Waals surface area contributed by atoms with Crippen LogP contribution in [0.4, 0.5) is 5.69 Å². The third-order valence-corrected chi connectivity index (χ3v) is 7.43. The summed E-state index contributed by atoms with van der Waals surface area (Å²) in [6.45, 7) is 4.00. The number of anilines is 1. The molecular weight excluding hydrogens is 355 g/mol. The summed E-state index contributed by atoms with van der Waals surface area (Å²) < 4.78 is 0. The summed E-state index contributed by atoms with van der Waals surface area (Å²) in [5, 5.41) is 5.49. The van der Waals surface area contributed by atoms with Crippen molar-refractivity contribution in [2.75, 3.05) is 5.01 Å². The van der Waals surface area contributed by atoms with E-state index in [0.717, 1.165) is 42.7 Å². The standard InChI is InChI=1S/C20H24Cl2N2O/c1-19(2)18(25)24(23(19)17-7-15(21)6-16(22)8-17)20-9-12-3-13(10-20)5-14(4-12)11-20/h6-8,12-14H,3-5,9-11H2,1-2H3. The van der Waals surface area contributed by atoms with Crippen molar-refractivity contribution >= 4 is 34.8 Å². The van der Waals surface area contributed by atoms with Crippen LogP contribution in [0, 0.1) is 17.8 Å². The van der Waals surface area contributed by atoms with Crippen LogP contribution in [-0.2, 0) is 4.79 Å². The maximum atomic E-state index is 13.2. The van der Waals surface area contributed by atoms with Crippen LogP contribution < -0.4 is 5.01 Å². The number of carbonyl (C=O) groups is 1. The molecule has 0 atom stereocenters. The van der Waals surface area contributed by atoms with E-state index in [-0.39, 0.29) is 11.4 Å². The average molecular weight is 379 g/mol. The molecule has 5 aliphatic rings. The maximum absolute atomic E-state index is 13.2. The Morgan fingerprint density at radius 2 is 1.36 bits per heavy atom. The molecule has 0 spiro atoms. The highest BCUT2D eigenvalue weighted by atomic mass is 35.5. The summed E-state index contributed by atoms with van der Waals surface area (Å²) in [5.74, 6) is 2.64. The van der Waals surface area contributed by atoms with Crippen molar-refractivity contribution < 1.29 is 4.79 Å². The second kappa shape index (κ2) is 5.07. The van der Waals surface area contributed by atoms with Crippen molar-refractivity contribution in [3.05, 3.63) is 28.2 Å². The number of nitrogens with zero attached hydrogens (tertiary/aromatic N) is 2. The predicted octanol–water partition coefficient (Wildman–Crippen LogP) is 5.30. The largest absolute Gasteiger partial charge is 0.270 e. The first-order valence-corrected chi connectivity index (χ1v) is 10.1. The van der Waals surface area contributed by atoms with Crippen LogP contribution in [0.2, 0.25) is 10.0 Å². The van der Waals surface area contributed by atoms with Crippen molar-refractivity contribution in [2.24, 2.45) is 17.8 Å². The molecule has 134 valence electrons.